The lowest BCUT2D eigenvalue weighted by atomic mass is 10.1. The molecule has 0 atom stereocenters. The summed E-state index contributed by atoms with van der Waals surface area (Å²) >= 11 is 0. The highest BCUT2D eigenvalue weighted by Crippen LogP contribution is 2.19. The number of carbonyl (C=O) groups excluding carboxylic acids is 3. The van der Waals surface area contributed by atoms with Crippen molar-refractivity contribution in [3.05, 3.63) is 88.5 Å². The number of hydrogen-bond donors (Lipinski definition) is 3. The number of hydrogen-bond acceptors (Lipinski definition) is 5. The first kappa shape index (κ1) is 25.2. The Morgan fingerprint density at radius 2 is 1.49 bits per heavy atom. The van der Waals surface area contributed by atoms with Crippen molar-refractivity contribution >= 4 is 35.3 Å². The Kier molecular flexibility index (Phi) is 8.34. The van der Waals surface area contributed by atoms with Crippen molar-refractivity contribution in [1.82, 2.24) is 5.43 Å². The molecule has 0 aliphatic heterocycles. The molecule has 3 N–H and O–H groups in total. The van der Waals surface area contributed by atoms with Crippen LogP contribution in [0.15, 0.2) is 65.8 Å². The highest BCUT2D eigenvalue weighted by atomic mass is 16.5. The molecule has 8 heteroatoms. The summed E-state index contributed by atoms with van der Waals surface area (Å²) in [5.41, 5.74) is 8.18. The van der Waals surface area contributed by atoms with Crippen LogP contribution in [-0.2, 0) is 14.4 Å². The fourth-order valence-electron chi connectivity index (χ4n) is 3.21. The van der Waals surface area contributed by atoms with Crippen molar-refractivity contribution in [2.45, 2.75) is 27.7 Å². The van der Waals surface area contributed by atoms with Gasteiger partial charge in [0.05, 0.1) is 6.21 Å². The average molecular weight is 473 g/mol. The van der Waals surface area contributed by atoms with E-state index in [0.717, 1.165) is 27.9 Å². The van der Waals surface area contributed by atoms with E-state index in [4.69, 9.17) is 4.74 Å². The van der Waals surface area contributed by atoms with Gasteiger partial charge in [0.1, 0.15) is 5.75 Å². The number of benzene rings is 3. The molecule has 0 saturated carbocycles. The van der Waals surface area contributed by atoms with E-state index in [-0.39, 0.29) is 12.5 Å². The Hall–Kier alpha value is -4.46. The minimum absolute atomic E-state index is 0.133. The van der Waals surface area contributed by atoms with Gasteiger partial charge in [-0.2, -0.15) is 5.10 Å². The maximum Gasteiger partial charge on any atom is 0.329 e. The summed E-state index contributed by atoms with van der Waals surface area (Å²) in [5, 5.41) is 9.23. The summed E-state index contributed by atoms with van der Waals surface area (Å²) < 4.78 is 5.52. The first-order chi connectivity index (χ1) is 16.7. The Morgan fingerprint density at radius 3 is 2.14 bits per heavy atom. The van der Waals surface area contributed by atoms with E-state index >= 15 is 0 Å². The highest BCUT2D eigenvalue weighted by molar-refractivity contribution is 6.39. The Bertz CT molecular complexity index is 1250. The minimum Gasteiger partial charge on any atom is -0.484 e. The lowest BCUT2D eigenvalue weighted by Crippen LogP contribution is -2.32. The van der Waals surface area contributed by atoms with E-state index in [2.05, 4.69) is 21.2 Å². The fraction of sp³-hybridized carbons (Fsp3) is 0.185. The number of rotatable bonds is 7. The number of ether oxygens (including phenoxy) is 1. The summed E-state index contributed by atoms with van der Waals surface area (Å²) in [6.07, 6.45) is 1.40. The molecule has 3 amide bonds. The molecule has 0 unspecified atom stereocenters. The Morgan fingerprint density at radius 1 is 0.800 bits per heavy atom. The van der Waals surface area contributed by atoms with Crippen molar-refractivity contribution in [3.63, 3.8) is 0 Å². The lowest BCUT2D eigenvalue weighted by molar-refractivity contribution is -0.136. The van der Waals surface area contributed by atoms with Crippen LogP contribution in [0, 0.1) is 27.7 Å². The molecule has 0 saturated heterocycles. The van der Waals surface area contributed by atoms with E-state index in [9.17, 15) is 14.4 Å². The van der Waals surface area contributed by atoms with Crippen molar-refractivity contribution < 1.29 is 19.1 Å². The standard InChI is InChI=1S/C27H28N4O4/c1-17-8-11-22(14-20(17)4)29-24(32)16-35-23-12-9-21(10-13-23)15-28-31-27(34)26(33)30-25-18(2)6-5-7-19(25)3/h5-15H,16H2,1-4H3,(H,29,32)(H,30,33)(H,31,34)/b28-15-. The normalized spacial score (nSPS) is 10.6. The molecule has 0 spiro atoms. The van der Waals surface area contributed by atoms with Crippen LogP contribution in [-0.4, -0.2) is 30.5 Å². The zero-order valence-corrected chi connectivity index (χ0v) is 20.1. The number of carbonyl (C=O) groups is 3. The SMILES string of the molecule is Cc1ccc(NC(=O)COc2ccc(/C=N\NC(=O)C(=O)Nc3c(C)cccc3C)cc2)cc1C. The number of para-hydroxylation sites is 1. The van der Waals surface area contributed by atoms with Gasteiger partial charge in [0, 0.05) is 11.4 Å². The third-order valence-electron chi connectivity index (χ3n) is 5.35. The van der Waals surface area contributed by atoms with E-state index in [1.807, 2.05) is 64.1 Å². The molecule has 180 valence electrons. The topological polar surface area (TPSA) is 109 Å². The van der Waals surface area contributed by atoms with E-state index in [0.29, 0.717) is 17.0 Å². The molecule has 0 aliphatic carbocycles. The first-order valence-electron chi connectivity index (χ1n) is 11.0. The van der Waals surface area contributed by atoms with Crippen LogP contribution < -0.4 is 20.8 Å². The largest absolute Gasteiger partial charge is 0.484 e. The second kappa shape index (κ2) is 11.6. The predicted molar refractivity (Wildman–Crippen MR) is 137 cm³/mol. The zero-order valence-electron chi connectivity index (χ0n) is 20.1. The molecule has 0 radical (unpaired) electrons. The maximum atomic E-state index is 12.1. The van der Waals surface area contributed by atoms with Gasteiger partial charge in [-0.3, -0.25) is 14.4 Å². The van der Waals surface area contributed by atoms with Crippen LogP contribution in [0.4, 0.5) is 11.4 Å². The molecular formula is C27H28N4O4. The quantitative estimate of drug-likeness (QED) is 0.274. The van der Waals surface area contributed by atoms with Gasteiger partial charge in [0.25, 0.3) is 5.91 Å². The average Bonchev–Trinajstić information content (AvgIpc) is 2.83. The molecule has 0 bridgehead atoms. The zero-order chi connectivity index (χ0) is 25.4. The second-order valence-electron chi connectivity index (χ2n) is 8.12. The van der Waals surface area contributed by atoms with E-state index in [1.54, 1.807) is 24.3 Å². The van der Waals surface area contributed by atoms with Gasteiger partial charge in [0.2, 0.25) is 0 Å². The van der Waals surface area contributed by atoms with Crippen LogP contribution in [0.1, 0.15) is 27.8 Å². The number of anilines is 2. The molecule has 3 rings (SSSR count). The van der Waals surface area contributed by atoms with E-state index < -0.39 is 11.8 Å². The van der Waals surface area contributed by atoms with Gasteiger partial charge in [0.15, 0.2) is 6.61 Å². The third kappa shape index (κ3) is 7.26. The molecule has 3 aromatic rings. The number of hydrazone groups is 1. The summed E-state index contributed by atoms with van der Waals surface area (Å²) in [6.45, 7) is 7.56. The van der Waals surface area contributed by atoms with Gasteiger partial charge in [-0.05, 0) is 91.9 Å². The molecule has 0 aromatic heterocycles. The predicted octanol–water partition coefficient (Wildman–Crippen LogP) is 4.03. The van der Waals surface area contributed by atoms with Crippen molar-refractivity contribution in [2.24, 2.45) is 5.10 Å². The molecule has 0 fully saturated rings. The van der Waals surface area contributed by atoms with Crippen molar-refractivity contribution in [2.75, 3.05) is 17.2 Å². The summed E-state index contributed by atoms with van der Waals surface area (Å²) in [7, 11) is 0. The van der Waals surface area contributed by atoms with Gasteiger partial charge < -0.3 is 15.4 Å². The minimum atomic E-state index is -0.876. The van der Waals surface area contributed by atoms with Crippen LogP contribution >= 0.6 is 0 Å². The number of nitrogens with one attached hydrogen (secondary N) is 3. The van der Waals surface area contributed by atoms with Crippen LogP contribution in [0.5, 0.6) is 5.75 Å². The van der Waals surface area contributed by atoms with Crippen LogP contribution in [0.25, 0.3) is 0 Å². The summed E-state index contributed by atoms with van der Waals surface area (Å²) in [4.78, 5) is 36.3. The van der Waals surface area contributed by atoms with Crippen molar-refractivity contribution in [1.29, 1.82) is 0 Å². The highest BCUT2D eigenvalue weighted by Gasteiger charge is 2.15. The lowest BCUT2D eigenvalue weighted by Gasteiger charge is -2.10. The van der Waals surface area contributed by atoms with Crippen molar-refractivity contribution in [3.8, 4) is 5.75 Å². The van der Waals surface area contributed by atoms with Gasteiger partial charge in [-0.15, -0.1) is 0 Å². The molecular weight excluding hydrogens is 444 g/mol. The van der Waals surface area contributed by atoms with Gasteiger partial charge >= 0.3 is 11.8 Å². The molecule has 3 aromatic carbocycles. The molecule has 0 aliphatic rings. The van der Waals surface area contributed by atoms with Gasteiger partial charge in [-0.1, -0.05) is 24.3 Å². The van der Waals surface area contributed by atoms with Crippen LogP contribution in [0.3, 0.4) is 0 Å². The fourth-order valence-corrected chi connectivity index (χ4v) is 3.21. The Balaban J connectivity index is 1.45. The number of aryl methyl sites for hydroxylation is 4. The first-order valence-corrected chi connectivity index (χ1v) is 11.0. The number of nitrogens with zero attached hydrogens (tertiary/aromatic N) is 1. The molecule has 8 nitrogen and oxygen atoms in total. The summed E-state index contributed by atoms with van der Waals surface area (Å²) in [6, 6.07) is 18.1. The molecule has 0 heterocycles. The molecule has 35 heavy (non-hydrogen) atoms. The van der Waals surface area contributed by atoms with E-state index in [1.165, 1.54) is 6.21 Å². The van der Waals surface area contributed by atoms with Crippen LogP contribution in [0.2, 0.25) is 0 Å². The number of amides is 3. The maximum absolute atomic E-state index is 12.1. The van der Waals surface area contributed by atoms with Gasteiger partial charge in [-0.25, -0.2) is 5.43 Å². The third-order valence-corrected chi connectivity index (χ3v) is 5.35. The second-order valence-corrected chi connectivity index (χ2v) is 8.12. The Labute approximate surface area is 204 Å². The smallest absolute Gasteiger partial charge is 0.329 e. The summed E-state index contributed by atoms with van der Waals surface area (Å²) in [5.74, 6) is -1.43. The monoisotopic (exact) mass is 472 g/mol.